The summed E-state index contributed by atoms with van der Waals surface area (Å²) in [5.41, 5.74) is 4.92. The third-order valence-electron chi connectivity index (χ3n) is 5.13. The van der Waals surface area contributed by atoms with Crippen molar-refractivity contribution in [2.24, 2.45) is 7.05 Å². The molecule has 0 saturated carbocycles. The minimum Gasteiger partial charge on any atom is -0.295 e. The number of aromatic nitrogens is 3. The number of hydrogen-bond donors (Lipinski definition) is 1. The van der Waals surface area contributed by atoms with E-state index in [1.54, 1.807) is 11.6 Å². The maximum absolute atomic E-state index is 13.2. The van der Waals surface area contributed by atoms with E-state index >= 15 is 0 Å². The third kappa shape index (κ3) is 4.23. The molecule has 0 saturated heterocycles. The van der Waals surface area contributed by atoms with Crippen molar-refractivity contribution in [3.8, 4) is 11.4 Å². The molecule has 2 heterocycles. The van der Waals surface area contributed by atoms with E-state index in [1.807, 2.05) is 72.7 Å². The second-order valence-corrected chi connectivity index (χ2v) is 10.9. The van der Waals surface area contributed by atoms with Crippen LogP contribution < -0.4 is 10.3 Å². The summed E-state index contributed by atoms with van der Waals surface area (Å²) in [6, 6.07) is 7.51. The summed E-state index contributed by atoms with van der Waals surface area (Å²) in [6.45, 7) is 13.6. The van der Waals surface area contributed by atoms with Gasteiger partial charge < -0.3 is 0 Å². The van der Waals surface area contributed by atoms with Crippen LogP contribution in [0.15, 0.2) is 29.1 Å². The highest BCUT2D eigenvalue weighted by molar-refractivity contribution is 7.84. The van der Waals surface area contributed by atoms with Gasteiger partial charge in [-0.3, -0.25) is 14.3 Å². The average Bonchev–Trinajstić information content (AvgIpc) is 2.64. The number of pyridine rings is 1. The fraction of sp³-hybridized carbons (Fsp3) is 0.435. The SMILES string of the molecule is Cc1cc([C@@H](C)NS(=O)C(C)(C)C)c2nc(-c3ccc(C)nc3C)n(C)c(=O)c2c1. The minimum atomic E-state index is -1.25. The van der Waals surface area contributed by atoms with Crippen molar-refractivity contribution < 1.29 is 4.21 Å². The van der Waals surface area contributed by atoms with Gasteiger partial charge in [-0.25, -0.2) is 13.9 Å². The second kappa shape index (κ2) is 8.04. The fourth-order valence-corrected chi connectivity index (χ4v) is 4.25. The molecule has 7 heteroatoms. The van der Waals surface area contributed by atoms with Gasteiger partial charge >= 0.3 is 0 Å². The van der Waals surface area contributed by atoms with Gasteiger partial charge in [-0.1, -0.05) is 6.07 Å². The molecule has 3 aromatic rings. The van der Waals surface area contributed by atoms with Crippen LogP contribution in [0.2, 0.25) is 0 Å². The van der Waals surface area contributed by atoms with E-state index in [4.69, 9.17) is 4.98 Å². The van der Waals surface area contributed by atoms with Crippen molar-refractivity contribution in [2.45, 2.75) is 59.3 Å². The molecule has 1 N–H and O–H groups in total. The predicted octanol–water partition coefficient (Wildman–Crippen LogP) is 4.03. The Morgan fingerprint density at radius 1 is 1.10 bits per heavy atom. The molecule has 2 atom stereocenters. The highest BCUT2D eigenvalue weighted by Crippen LogP contribution is 2.27. The van der Waals surface area contributed by atoms with Crippen LogP contribution in [-0.4, -0.2) is 23.5 Å². The zero-order valence-corrected chi connectivity index (χ0v) is 19.8. The lowest BCUT2D eigenvalue weighted by Gasteiger charge is -2.23. The Morgan fingerprint density at radius 2 is 1.77 bits per heavy atom. The van der Waals surface area contributed by atoms with Crippen LogP contribution in [-0.2, 0) is 18.0 Å². The zero-order chi connectivity index (χ0) is 22.4. The van der Waals surface area contributed by atoms with Crippen LogP contribution in [0, 0.1) is 20.8 Å². The van der Waals surface area contributed by atoms with E-state index in [1.165, 1.54) is 0 Å². The number of aryl methyl sites for hydroxylation is 3. The Labute approximate surface area is 180 Å². The van der Waals surface area contributed by atoms with Crippen LogP contribution in [0.5, 0.6) is 0 Å². The molecule has 1 unspecified atom stereocenters. The molecule has 1 aromatic carbocycles. The zero-order valence-electron chi connectivity index (χ0n) is 19.0. The van der Waals surface area contributed by atoms with Gasteiger partial charge in [-0.2, -0.15) is 0 Å². The van der Waals surface area contributed by atoms with E-state index in [0.717, 1.165) is 28.1 Å². The van der Waals surface area contributed by atoms with Crippen LogP contribution in [0.25, 0.3) is 22.3 Å². The highest BCUT2D eigenvalue weighted by atomic mass is 32.2. The fourth-order valence-electron chi connectivity index (χ4n) is 3.45. The van der Waals surface area contributed by atoms with Crippen molar-refractivity contribution in [1.82, 2.24) is 19.3 Å². The predicted molar refractivity (Wildman–Crippen MR) is 124 cm³/mol. The molecular weight excluding hydrogens is 396 g/mol. The minimum absolute atomic E-state index is 0.107. The van der Waals surface area contributed by atoms with Crippen LogP contribution in [0.3, 0.4) is 0 Å². The van der Waals surface area contributed by atoms with Gasteiger partial charge in [-0.05, 0) is 77.8 Å². The molecule has 0 aliphatic carbocycles. The number of nitrogens with one attached hydrogen (secondary N) is 1. The maximum atomic E-state index is 13.2. The first-order chi connectivity index (χ1) is 13.9. The molecule has 160 valence electrons. The molecule has 0 amide bonds. The molecule has 0 bridgehead atoms. The molecule has 0 aliphatic heterocycles. The molecule has 3 rings (SSSR count). The van der Waals surface area contributed by atoms with Gasteiger partial charge in [0.1, 0.15) is 5.82 Å². The Kier molecular flexibility index (Phi) is 5.98. The molecule has 30 heavy (non-hydrogen) atoms. The van der Waals surface area contributed by atoms with Gasteiger partial charge in [0.25, 0.3) is 5.56 Å². The van der Waals surface area contributed by atoms with Crippen LogP contribution >= 0.6 is 0 Å². The van der Waals surface area contributed by atoms with Gasteiger partial charge in [0.2, 0.25) is 0 Å². The molecule has 0 spiro atoms. The lowest BCUT2D eigenvalue weighted by Crippen LogP contribution is -2.35. The maximum Gasteiger partial charge on any atom is 0.261 e. The first-order valence-electron chi connectivity index (χ1n) is 10.0. The number of benzene rings is 1. The quantitative estimate of drug-likeness (QED) is 0.683. The summed E-state index contributed by atoms with van der Waals surface area (Å²) in [7, 11) is 0.492. The smallest absolute Gasteiger partial charge is 0.261 e. The lowest BCUT2D eigenvalue weighted by atomic mass is 10.0. The van der Waals surface area contributed by atoms with E-state index in [2.05, 4.69) is 9.71 Å². The van der Waals surface area contributed by atoms with Gasteiger partial charge in [0, 0.05) is 30.0 Å². The molecule has 0 aliphatic rings. The van der Waals surface area contributed by atoms with Crippen LogP contribution in [0.4, 0.5) is 0 Å². The lowest BCUT2D eigenvalue weighted by molar-refractivity contribution is 0.617. The van der Waals surface area contributed by atoms with Crippen molar-refractivity contribution in [1.29, 1.82) is 0 Å². The van der Waals surface area contributed by atoms with Crippen LogP contribution in [0.1, 0.15) is 56.3 Å². The van der Waals surface area contributed by atoms with E-state index in [-0.39, 0.29) is 11.6 Å². The largest absolute Gasteiger partial charge is 0.295 e. The molecular formula is C23H30N4O2S. The first kappa shape index (κ1) is 22.3. The molecule has 2 aromatic heterocycles. The third-order valence-corrected chi connectivity index (χ3v) is 6.81. The van der Waals surface area contributed by atoms with E-state index in [0.29, 0.717) is 16.7 Å². The second-order valence-electron chi connectivity index (χ2n) is 8.86. The monoisotopic (exact) mass is 426 g/mol. The molecule has 0 radical (unpaired) electrons. The molecule has 0 fully saturated rings. The highest BCUT2D eigenvalue weighted by Gasteiger charge is 2.24. The Hall–Kier alpha value is -2.38. The van der Waals surface area contributed by atoms with Gasteiger partial charge in [-0.15, -0.1) is 0 Å². The summed E-state index contributed by atoms with van der Waals surface area (Å²) >= 11 is 0. The summed E-state index contributed by atoms with van der Waals surface area (Å²) in [5.74, 6) is 0.576. The summed E-state index contributed by atoms with van der Waals surface area (Å²) in [4.78, 5) is 22.7. The summed E-state index contributed by atoms with van der Waals surface area (Å²) in [6.07, 6.45) is 0. The van der Waals surface area contributed by atoms with Gasteiger partial charge in [0.15, 0.2) is 0 Å². The van der Waals surface area contributed by atoms with Gasteiger partial charge in [0.05, 0.1) is 26.6 Å². The van der Waals surface area contributed by atoms with E-state index in [9.17, 15) is 9.00 Å². The topological polar surface area (TPSA) is 76.9 Å². The Bertz CT molecular complexity index is 1210. The normalized spacial score (nSPS) is 14.1. The molecule has 6 nitrogen and oxygen atoms in total. The van der Waals surface area contributed by atoms with E-state index < -0.39 is 15.7 Å². The summed E-state index contributed by atoms with van der Waals surface area (Å²) < 4.78 is 17.0. The number of fused-ring (bicyclic) bond motifs is 1. The van der Waals surface area contributed by atoms with Crippen molar-refractivity contribution in [2.75, 3.05) is 0 Å². The number of hydrogen-bond acceptors (Lipinski definition) is 4. The summed E-state index contributed by atoms with van der Waals surface area (Å²) in [5, 5.41) is 0.559. The number of rotatable bonds is 4. The number of nitrogens with zero attached hydrogens (tertiary/aromatic N) is 3. The Balaban J connectivity index is 2.25. The standard InChI is InChI=1S/C23H30N4O2S/c1-13-11-18(16(4)26-30(29)23(5,6)7)20-19(12-13)22(28)27(8)21(25-20)17-10-9-14(2)24-15(17)3/h9-12,16,26H,1-8H3/t16-,30?/m1/s1. The van der Waals surface area contributed by atoms with Crippen molar-refractivity contribution in [3.05, 3.63) is 57.1 Å². The van der Waals surface area contributed by atoms with Crippen molar-refractivity contribution >= 4 is 21.9 Å². The average molecular weight is 427 g/mol. The van der Waals surface area contributed by atoms with Crippen molar-refractivity contribution in [3.63, 3.8) is 0 Å². The Morgan fingerprint density at radius 3 is 2.37 bits per heavy atom. The first-order valence-corrected chi connectivity index (χ1v) is 11.2.